The molecule has 0 saturated heterocycles. The average molecular weight is 379 g/mol. The number of para-hydroxylation sites is 2. The van der Waals surface area contributed by atoms with Crippen LogP contribution in [0.4, 0.5) is 11.4 Å². The Balaban J connectivity index is 1.81. The quantitative estimate of drug-likeness (QED) is 0.856. The van der Waals surface area contributed by atoms with Gasteiger partial charge < -0.3 is 10.2 Å². The smallest absolute Gasteiger partial charge is 0.283 e. The fraction of sp³-hybridized carbons (Fsp3) is 0.333. The fourth-order valence-corrected chi connectivity index (χ4v) is 4.24. The molecule has 0 fully saturated rings. The first-order valence-electron chi connectivity index (χ1n) is 8.08. The fourth-order valence-electron chi connectivity index (χ4n) is 3.04. The summed E-state index contributed by atoms with van der Waals surface area (Å²) in [6.45, 7) is 4.54. The Kier molecular flexibility index (Phi) is 4.86. The molecule has 1 aromatic carbocycles. The molecule has 0 radical (unpaired) electrons. The van der Waals surface area contributed by atoms with Crippen molar-refractivity contribution in [1.29, 1.82) is 0 Å². The van der Waals surface area contributed by atoms with Gasteiger partial charge >= 0.3 is 0 Å². The standard InChI is InChI=1S/C18H20ClN3O2S/c1-18(2)17(24)20-13-6-4-5-7-14(13)22(18)16(23)11-21(3)10-12-8-9-15(19)25-12/h4-9H,10-11H2,1-3H3,(H,20,24)/p+1. The van der Waals surface area contributed by atoms with E-state index in [-0.39, 0.29) is 11.8 Å². The number of likely N-dealkylation sites (N-methyl/N-ethyl adjacent to an activating group) is 1. The average Bonchev–Trinajstić information content (AvgIpc) is 2.92. The van der Waals surface area contributed by atoms with Crippen molar-refractivity contribution < 1.29 is 14.5 Å². The molecule has 25 heavy (non-hydrogen) atoms. The molecule has 3 rings (SSSR count). The van der Waals surface area contributed by atoms with Crippen LogP contribution in [0.1, 0.15) is 18.7 Å². The molecule has 0 bridgehead atoms. The molecule has 132 valence electrons. The second-order valence-corrected chi connectivity index (χ2v) is 8.58. The molecule has 2 heterocycles. The summed E-state index contributed by atoms with van der Waals surface area (Å²) in [5.41, 5.74) is 0.477. The number of amides is 2. The van der Waals surface area contributed by atoms with Gasteiger partial charge in [0.25, 0.3) is 5.91 Å². The Morgan fingerprint density at radius 3 is 2.68 bits per heavy atom. The molecule has 0 saturated carbocycles. The van der Waals surface area contributed by atoms with Crippen LogP contribution < -0.4 is 15.1 Å². The number of rotatable bonds is 4. The minimum atomic E-state index is -0.933. The lowest BCUT2D eigenvalue weighted by molar-refractivity contribution is -0.885. The van der Waals surface area contributed by atoms with Crippen molar-refractivity contribution in [3.63, 3.8) is 0 Å². The summed E-state index contributed by atoms with van der Waals surface area (Å²) in [5.74, 6) is -0.255. The number of fused-ring (bicyclic) bond motifs is 1. The molecular weight excluding hydrogens is 358 g/mol. The van der Waals surface area contributed by atoms with Crippen LogP contribution in [0.5, 0.6) is 0 Å². The number of carbonyl (C=O) groups is 2. The predicted octanol–water partition coefficient (Wildman–Crippen LogP) is 2.18. The van der Waals surface area contributed by atoms with Gasteiger partial charge in [-0.25, -0.2) is 0 Å². The topological polar surface area (TPSA) is 53.9 Å². The van der Waals surface area contributed by atoms with Gasteiger partial charge in [0, 0.05) is 0 Å². The van der Waals surface area contributed by atoms with Gasteiger partial charge in [0.05, 0.1) is 27.6 Å². The zero-order valence-corrected chi connectivity index (χ0v) is 16.0. The number of thiophene rings is 1. The minimum Gasteiger partial charge on any atom is -0.325 e. The van der Waals surface area contributed by atoms with E-state index in [0.717, 1.165) is 19.8 Å². The van der Waals surface area contributed by atoms with Crippen LogP contribution in [0.25, 0.3) is 0 Å². The second kappa shape index (κ2) is 6.78. The molecule has 1 aliphatic rings. The second-order valence-electron chi connectivity index (χ2n) is 6.78. The van der Waals surface area contributed by atoms with E-state index >= 15 is 0 Å². The molecule has 2 amide bonds. The van der Waals surface area contributed by atoms with Gasteiger partial charge in [-0.3, -0.25) is 14.5 Å². The molecule has 1 atom stereocenters. The van der Waals surface area contributed by atoms with Crippen molar-refractivity contribution in [1.82, 2.24) is 0 Å². The Morgan fingerprint density at radius 1 is 1.28 bits per heavy atom. The summed E-state index contributed by atoms with van der Waals surface area (Å²) in [7, 11) is 1.97. The molecule has 7 heteroatoms. The Bertz CT molecular complexity index is 818. The number of nitrogens with zero attached hydrogens (tertiary/aromatic N) is 1. The molecule has 1 unspecified atom stereocenters. The maximum atomic E-state index is 13.0. The van der Waals surface area contributed by atoms with E-state index in [0.29, 0.717) is 18.8 Å². The van der Waals surface area contributed by atoms with E-state index in [1.807, 2.05) is 43.4 Å². The number of benzene rings is 1. The summed E-state index contributed by atoms with van der Waals surface area (Å²) in [6.07, 6.45) is 0. The van der Waals surface area contributed by atoms with Crippen LogP contribution in [0.2, 0.25) is 4.34 Å². The highest BCUT2D eigenvalue weighted by molar-refractivity contribution is 7.16. The van der Waals surface area contributed by atoms with Crippen molar-refractivity contribution in [3.8, 4) is 0 Å². The number of halogens is 1. The third kappa shape index (κ3) is 3.56. The highest BCUT2D eigenvalue weighted by Crippen LogP contribution is 2.36. The van der Waals surface area contributed by atoms with Crippen LogP contribution in [-0.2, 0) is 16.1 Å². The first-order valence-corrected chi connectivity index (χ1v) is 9.27. The van der Waals surface area contributed by atoms with Crippen LogP contribution in [0, 0.1) is 0 Å². The molecule has 5 nitrogen and oxygen atoms in total. The highest BCUT2D eigenvalue weighted by atomic mass is 35.5. The number of carbonyl (C=O) groups excluding carboxylic acids is 2. The number of hydrogen-bond donors (Lipinski definition) is 2. The Hall–Kier alpha value is -1.89. The van der Waals surface area contributed by atoms with Crippen molar-refractivity contribution in [2.24, 2.45) is 0 Å². The van der Waals surface area contributed by atoms with E-state index in [4.69, 9.17) is 11.6 Å². The zero-order chi connectivity index (χ0) is 18.2. The molecular formula is C18H21ClN3O2S+. The van der Waals surface area contributed by atoms with Gasteiger partial charge in [0.1, 0.15) is 12.1 Å². The SMILES string of the molecule is C[NH+](CC(=O)N1c2ccccc2NC(=O)C1(C)C)Cc1ccc(Cl)s1. The number of quaternary nitrogens is 1. The number of hydrogen-bond acceptors (Lipinski definition) is 3. The van der Waals surface area contributed by atoms with E-state index in [2.05, 4.69) is 5.32 Å². The molecule has 0 spiro atoms. The third-order valence-corrected chi connectivity index (χ3v) is 5.55. The Labute approximate surface area is 156 Å². The molecule has 1 aliphatic heterocycles. The number of anilines is 2. The monoisotopic (exact) mass is 378 g/mol. The predicted molar refractivity (Wildman–Crippen MR) is 101 cm³/mol. The lowest BCUT2D eigenvalue weighted by Crippen LogP contribution is -3.09. The summed E-state index contributed by atoms with van der Waals surface area (Å²) < 4.78 is 0.747. The molecule has 1 aromatic heterocycles. The van der Waals surface area contributed by atoms with Crippen LogP contribution in [0.3, 0.4) is 0 Å². The lowest BCUT2D eigenvalue weighted by Gasteiger charge is -2.42. The minimum absolute atomic E-state index is 0.0764. The maximum Gasteiger partial charge on any atom is 0.283 e. The molecule has 0 aliphatic carbocycles. The van der Waals surface area contributed by atoms with Crippen molar-refractivity contribution >= 4 is 46.1 Å². The van der Waals surface area contributed by atoms with Crippen molar-refractivity contribution in [3.05, 3.63) is 45.6 Å². The van der Waals surface area contributed by atoms with Gasteiger partial charge in [-0.1, -0.05) is 23.7 Å². The van der Waals surface area contributed by atoms with Crippen LogP contribution in [0.15, 0.2) is 36.4 Å². The van der Waals surface area contributed by atoms with Crippen molar-refractivity contribution in [2.75, 3.05) is 23.8 Å². The summed E-state index contributed by atoms with van der Waals surface area (Å²) in [4.78, 5) is 29.3. The molecule has 2 N–H and O–H groups in total. The summed E-state index contributed by atoms with van der Waals surface area (Å²) in [5, 5.41) is 2.88. The van der Waals surface area contributed by atoms with Gasteiger partial charge in [-0.2, -0.15) is 0 Å². The first kappa shape index (κ1) is 17.9. The Morgan fingerprint density at radius 2 is 2.00 bits per heavy atom. The zero-order valence-electron chi connectivity index (χ0n) is 14.4. The first-order chi connectivity index (χ1) is 11.8. The summed E-state index contributed by atoms with van der Waals surface area (Å²) in [6, 6.07) is 11.2. The van der Waals surface area contributed by atoms with Gasteiger partial charge in [0.15, 0.2) is 6.54 Å². The van der Waals surface area contributed by atoms with E-state index < -0.39 is 5.54 Å². The van der Waals surface area contributed by atoms with E-state index in [1.165, 1.54) is 11.3 Å². The van der Waals surface area contributed by atoms with Gasteiger partial charge in [-0.15, -0.1) is 11.3 Å². The van der Waals surface area contributed by atoms with Crippen LogP contribution >= 0.6 is 22.9 Å². The van der Waals surface area contributed by atoms with Gasteiger partial charge in [-0.05, 0) is 38.1 Å². The maximum absolute atomic E-state index is 13.0. The number of nitrogens with one attached hydrogen (secondary N) is 2. The molecule has 2 aromatic rings. The van der Waals surface area contributed by atoms with Crippen molar-refractivity contribution in [2.45, 2.75) is 25.9 Å². The third-order valence-electron chi connectivity index (χ3n) is 4.32. The summed E-state index contributed by atoms with van der Waals surface area (Å²) >= 11 is 7.49. The van der Waals surface area contributed by atoms with Gasteiger partial charge in [0.2, 0.25) is 5.91 Å². The normalized spacial score (nSPS) is 17.0. The largest absolute Gasteiger partial charge is 0.325 e. The van der Waals surface area contributed by atoms with E-state index in [1.54, 1.807) is 18.7 Å². The highest BCUT2D eigenvalue weighted by Gasteiger charge is 2.44. The van der Waals surface area contributed by atoms with Crippen LogP contribution in [-0.4, -0.2) is 30.9 Å². The van der Waals surface area contributed by atoms with E-state index in [9.17, 15) is 9.59 Å². The lowest BCUT2D eigenvalue weighted by atomic mass is 9.96.